The van der Waals surface area contributed by atoms with Crippen molar-refractivity contribution in [1.82, 2.24) is 15.3 Å². The van der Waals surface area contributed by atoms with Gasteiger partial charge in [-0.15, -0.1) is 0 Å². The monoisotopic (exact) mass is 551 g/mol. The topological polar surface area (TPSA) is 78.4 Å². The van der Waals surface area contributed by atoms with E-state index in [-0.39, 0.29) is 23.6 Å². The first-order chi connectivity index (χ1) is 18.6. The third-order valence-corrected chi connectivity index (χ3v) is 7.52. The van der Waals surface area contributed by atoms with Gasteiger partial charge in [-0.1, -0.05) is 42.4 Å². The molecule has 2 atom stereocenters. The molecule has 10 heteroatoms. The quantitative estimate of drug-likeness (QED) is 0.417. The van der Waals surface area contributed by atoms with Gasteiger partial charge in [-0.05, 0) is 50.1 Å². The van der Waals surface area contributed by atoms with Crippen LogP contribution in [0.25, 0.3) is 0 Å². The van der Waals surface area contributed by atoms with Gasteiger partial charge in [-0.3, -0.25) is 14.5 Å². The number of amides is 2. The van der Waals surface area contributed by atoms with Crippen LogP contribution in [0.5, 0.6) is 0 Å². The van der Waals surface area contributed by atoms with Crippen molar-refractivity contribution < 1.29 is 18.4 Å². The van der Waals surface area contributed by atoms with Crippen LogP contribution in [-0.2, 0) is 9.59 Å². The number of rotatable bonds is 7. The molecule has 0 unspecified atom stereocenters. The molecule has 1 aliphatic heterocycles. The Bertz CT molecular complexity index is 1400. The van der Waals surface area contributed by atoms with E-state index in [0.29, 0.717) is 29.9 Å². The van der Waals surface area contributed by atoms with E-state index in [1.165, 1.54) is 36.4 Å². The van der Waals surface area contributed by atoms with Crippen molar-refractivity contribution in [3.8, 4) is 0 Å². The van der Waals surface area contributed by atoms with Gasteiger partial charge >= 0.3 is 0 Å². The molecule has 1 saturated heterocycles. The van der Waals surface area contributed by atoms with Gasteiger partial charge in [0.05, 0.1) is 0 Å². The highest BCUT2D eigenvalue weighted by atomic mass is 35.5. The van der Waals surface area contributed by atoms with Crippen LogP contribution in [0.15, 0.2) is 79.4 Å². The van der Waals surface area contributed by atoms with Crippen molar-refractivity contribution in [2.75, 3.05) is 9.80 Å². The summed E-state index contributed by atoms with van der Waals surface area (Å²) in [6.07, 6.45) is 4.20. The molecule has 2 aromatic carbocycles. The number of nitrogens with zero attached hydrogens (tertiary/aromatic N) is 4. The van der Waals surface area contributed by atoms with Crippen molar-refractivity contribution in [2.24, 2.45) is 0 Å². The molecule has 1 saturated carbocycles. The first-order valence-electron chi connectivity index (χ1n) is 12.7. The standard InChI is InChI=1S/C29H28ClF2N5O2/c1-18-10-11-24(36(18)25-12-13-33-17-34-25)28(39)37(21-7-5-6-19(31)14-21)26(22-8-3-4-9-23(22)30)27(38)35-20-15-29(2,32)16-20/h3-9,12-14,17,20,24,26H,1,10-11,15-16H2,2H3,(H,35,38)/t20?,24-,26-,29?/m0/s1. The molecule has 1 aliphatic carbocycles. The van der Waals surface area contributed by atoms with Gasteiger partial charge in [-0.2, -0.15) is 0 Å². The number of allylic oxidation sites excluding steroid dienone is 1. The molecule has 39 heavy (non-hydrogen) atoms. The molecule has 1 aromatic heterocycles. The molecule has 2 aliphatic rings. The van der Waals surface area contributed by atoms with Gasteiger partial charge in [0, 0.05) is 47.1 Å². The highest BCUT2D eigenvalue weighted by Gasteiger charge is 2.45. The van der Waals surface area contributed by atoms with Crippen molar-refractivity contribution in [2.45, 2.75) is 56.4 Å². The normalized spacial score (nSPS) is 23.2. The molecule has 7 nitrogen and oxygen atoms in total. The summed E-state index contributed by atoms with van der Waals surface area (Å²) in [5, 5.41) is 3.15. The maximum Gasteiger partial charge on any atom is 0.251 e. The third-order valence-electron chi connectivity index (χ3n) is 7.18. The number of alkyl halides is 1. The second-order valence-electron chi connectivity index (χ2n) is 10.2. The minimum atomic E-state index is -1.36. The fourth-order valence-corrected chi connectivity index (χ4v) is 5.63. The largest absolute Gasteiger partial charge is 0.351 e. The maximum absolute atomic E-state index is 14.5. The van der Waals surface area contributed by atoms with E-state index in [2.05, 4.69) is 21.9 Å². The molecule has 3 aromatic rings. The number of hydrogen-bond donors (Lipinski definition) is 1. The summed E-state index contributed by atoms with van der Waals surface area (Å²) in [4.78, 5) is 39.7. The second kappa shape index (κ2) is 10.7. The fourth-order valence-electron chi connectivity index (χ4n) is 5.39. The number of aromatic nitrogens is 2. The third kappa shape index (κ3) is 5.49. The second-order valence-corrected chi connectivity index (χ2v) is 10.6. The van der Waals surface area contributed by atoms with Crippen LogP contribution in [0.3, 0.4) is 0 Å². The molecule has 2 amide bonds. The van der Waals surface area contributed by atoms with Crippen LogP contribution in [-0.4, -0.2) is 39.5 Å². The van der Waals surface area contributed by atoms with Gasteiger partial charge in [0.2, 0.25) is 5.91 Å². The predicted molar refractivity (Wildman–Crippen MR) is 145 cm³/mol. The van der Waals surface area contributed by atoms with E-state index in [0.717, 1.165) is 0 Å². The average Bonchev–Trinajstić information content (AvgIpc) is 3.28. The zero-order valence-corrected chi connectivity index (χ0v) is 22.1. The van der Waals surface area contributed by atoms with Crippen molar-refractivity contribution >= 4 is 34.9 Å². The zero-order valence-electron chi connectivity index (χ0n) is 21.4. The lowest BCUT2D eigenvalue weighted by molar-refractivity contribution is -0.128. The molecular weight excluding hydrogens is 524 g/mol. The Labute approximate surface area is 230 Å². The van der Waals surface area contributed by atoms with E-state index in [1.807, 2.05) is 0 Å². The molecule has 5 rings (SSSR count). The highest BCUT2D eigenvalue weighted by Crippen LogP contribution is 2.39. The molecule has 1 N–H and O–H groups in total. The number of carbonyl (C=O) groups is 2. The average molecular weight is 552 g/mol. The summed E-state index contributed by atoms with van der Waals surface area (Å²) >= 11 is 6.57. The summed E-state index contributed by atoms with van der Waals surface area (Å²) in [7, 11) is 0. The van der Waals surface area contributed by atoms with E-state index < -0.39 is 41.4 Å². The Morgan fingerprint density at radius 3 is 2.64 bits per heavy atom. The minimum absolute atomic E-state index is 0.159. The molecular formula is C29H28ClF2N5O2. The fraction of sp³-hybridized carbons (Fsp3) is 0.310. The molecule has 0 spiro atoms. The Morgan fingerprint density at radius 1 is 1.21 bits per heavy atom. The lowest BCUT2D eigenvalue weighted by Crippen LogP contribution is -2.56. The zero-order chi connectivity index (χ0) is 27.7. The Morgan fingerprint density at radius 2 is 1.97 bits per heavy atom. The smallest absolute Gasteiger partial charge is 0.251 e. The summed E-state index contributed by atoms with van der Waals surface area (Å²) in [6.45, 7) is 5.60. The SMILES string of the molecule is C=C1CC[C@@H](C(=O)N(c2cccc(F)c2)[C@H](C(=O)NC2CC(C)(F)C2)c2ccccc2Cl)N1c1ccncn1. The Balaban J connectivity index is 1.60. The number of benzene rings is 2. The number of halogens is 3. The van der Waals surface area contributed by atoms with E-state index in [1.54, 1.807) is 47.5 Å². The summed E-state index contributed by atoms with van der Waals surface area (Å²) < 4.78 is 28.8. The van der Waals surface area contributed by atoms with Crippen LogP contribution in [0.4, 0.5) is 20.3 Å². The van der Waals surface area contributed by atoms with Crippen LogP contribution >= 0.6 is 11.6 Å². The molecule has 0 bridgehead atoms. The van der Waals surface area contributed by atoms with E-state index >= 15 is 0 Å². The molecule has 2 heterocycles. The Kier molecular flexibility index (Phi) is 7.36. The van der Waals surface area contributed by atoms with E-state index in [4.69, 9.17) is 11.6 Å². The Hall–Kier alpha value is -3.85. The molecule has 2 fully saturated rings. The lowest BCUT2D eigenvalue weighted by Gasteiger charge is -2.41. The molecule has 202 valence electrons. The van der Waals surface area contributed by atoms with Crippen molar-refractivity contribution in [3.05, 3.63) is 95.8 Å². The van der Waals surface area contributed by atoms with Gasteiger partial charge in [0.25, 0.3) is 5.91 Å². The first-order valence-corrected chi connectivity index (χ1v) is 13.1. The molecule has 0 radical (unpaired) electrons. The van der Waals surface area contributed by atoms with Crippen LogP contribution in [0.2, 0.25) is 5.02 Å². The lowest BCUT2D eigenvalue weighted by atomic mass is 9.78. The van der Waals surface area contributed by atoms with Gasteiger partial charge in [-0.25, -0.2) is 18.7 Å². The van der Waals surface area contributed by atoms with Gasteiger partial charge < -0.3 is 10.2 Å². The number of nitrogens with one attached hydrogen (secondary N) is 1. The van der Waals surface area contributed by atoms with Crippen LogP contribution < -0.4 is 15.1 Å². The summed E-state index contributed by atoms with van der Waals surface area (Å²) in [6, 6.07) is 11.5. The number of hydrogen-bond acceptors (Lipinski definition) is 5. The van der Waals surface area contributed by atoms with Gasteiger partial charge in [0.15, 0.2) is 0 Å². The van der Waals surface area contributed by atoms with Crippen LogP contribution in [0.1, 0.15) is 44.2 Å². The van der Waals surface area contributed by atoms with Crippen molar-refractivity contribution in [3.63, 3.8) is 0 Å². The number of carbonyl (C=O) groups excluding carboxylic acids is 2. The number of anilines is 2. The summed E-state index contributed by atoms with van der Waals surface area (Å²) in [5.41, 5.74) is -0.133. The summed E-state index contributed by atoms with van der Waals surface area (Å²) in [5.74, 6) is -1.08. The maximum atomic E-state index is 14.5. The van der Waals surface area contributed by atoms with Gasteiger partial charge in [0.1, 0.15) is 35.7 Å². The minimum Gasteiger partial charge on any atom is -0.351 e. The van der Waals surface area contributed by atoms with E-state index in [9.17, 15) is 18.4 Å². The first kappa shape index (κ1) is 26.7. The predicted octanol–water partition coefficient (Wildman–Crippen LogP) is 5.53. The van der Waals surface area contributed by atoms with Crippen molar-refractivity contribution in [1.29, 1.82) is 0 Å². The van der Waals surface area contributed by atoms with Crippen LogP contribution in [0, 0.1) is 5.82 Å². The highest BCUT2D eigenvalue weighted by molar-refractivity contribution is 6.31.